The van der Waals surface area contributed by atoms with Crippen molar-refractivity contribution < 1.29 is 23.9 Å². The van der Waals surface area contributed by atoms with Gasteiger partial charge in [0.2, 0.25) is 5.91 Å². The zero-order valence-corrected chi connectivity index (χ0v) is 20.6. The minimum atomic E-state index is -0.853. The number of allylic oxidation sites excluding steroid dienone is 1. The van der Waals surface area contributed by atoms with Crippen molar-refractivity contribution in [3.63, 3.8) is 0 Å². The monoisotopic (exact) mass is 476 g/mol. The van der Waals surface area contributed by atoms with Gasteiger partial charge in [0.15, 0.2) is 11.5 Å². The lowest BCUT2D eigenvalue weighted by Gasteiger charge is -2.29. The summed E-state index contributed by atoms with van der Waals surface area (Å²) in [6.07, 6.45) is 7.25. The van der Waals surface area contributed by atoms with Gasteiger partial charge in [0.1, 0.15) is 6.04 Å². The molecule has 0 aromatic heterocycles. The molecule has 1 heterocycles. The number of ether oxygens (including phenoxy) is 2. The van der Waals surface area contributed by atoms with E-state index in [1.807, 2.05) is 19.1 Å². The highest BCUT2D eigenvalue weighted by Crippen LogP contribution is 2.31. The lowest BCUT2D eigenvalue weighted by atomic mass is 9.96. The highest BCUT2D eigenvalue weighted by molar-refractivity contribution is 6.23. The van der Waals surface area contributed by atoms with Gasteiger partial charge in [-0.2, -0.15) is 0 Å². The summed E-state index contributed by atoms with van der Waals surface area (Å²) in [5.74, 6) is -0.0283. The van der Waals surface area contributed by atoms with E-state index in [1.165, 1.54) is 31.1 Å². The first-order valence-corrected chi connectivity index (χ1v) is 12.1. The Kier molecular flexibility index (Phi) is 7.54. The van der Waals surface area contributed by atoms with Crippen molar-refractivity contribution in [1.82, 2.24) is 4.90 Å². The molecule has 4 rings (SSSR count). The van der Waals surface area contributed by atoms with Crippen molar-refractivity contribution in [2.75, 3.05) is 25.7 Å². The molecule has 0 N–H and O–H groups in total. The zero-order valence-electron chi connectivity index (χ0n) is 20.6. The molecule has 35 heavy (non-hydrogen) atoms. The maximum absolute atomic E-state index is 13.7. The third kappa shape index (κ3) is 5.24. The van der Waals surface area contributed by atoms with E-state index in [9.17, 15) is 14.4 Å². The molecule has 7 nitrogen and oxygen atoms in total. The van der Waals surface area contributed by atoms with Gasteiger partial charge in [-0.1, -0.05) is 29.3 Å². The predicted octanol–water partition coefficient (Wildman–Crippen LogP) is 4.68. The van der Waals surface area contributed by atoms with Gasteiger partial charge in [-0.15, -0.1) is 0 Å². The Labute approximate surface area is 206 Å². The number of imide groups is 1. The number of carbonyl (C=O) groups excluding carboxylic acids is 3. The molecule has 2 aliphatic rings. The topological polar surface area (TPSA) is 76.2 Å². The molecule has 2 aromatic rings. The lowest BCUT2D eigenvalue weighted by Crippen LogP contribution is -2.46. The zero-order chi connectivity index (χ0) is 24.9. The summed E-state index contributed by atoms with van der Waals surface area (Å²) in [6.45, 7) is 2.31. The molecule has 1 aliphatic carbocycles. The fraction of sp³-hybridized carbons (Fsp3) is 0.393. The highest BCUT2D eigenvalue weighted by atomic mass is 16.5. The fourth-order valence-corrected chi connectivity index (χ4v) is 4.75. The first-order chi connectivity index (χ1) is 16.9. The van der Waals surface area contributed by atoms with Crippen molar-refractivity contribution >= 4 is 23.4 Å². The number of rotatable bonds is 8. The molecule has 0 bridgehead atoms. The minimum absolute atomic E-state index is 0.0369. The molecule has 184 valence electrons. The maximum atomic E-state index is 13.7. The summed E-state index contributed by atoms with van der Waals surface area (Å²) in [7, 11) is 3.05. The maximum Gasteiger partial charge on any atom is 0.257 e. The van der Waals surface area contributed by atoms with Crippen molar-refractivity contribution in [2.45, 2.75) is 51.5 Å². The van der Waals surface area contributed by atoms with Crippen LogP contribution in [0.5, 0.6) is 11.5 Å². The number of hydrogen-bond donors (Lipinski definition) is 0. The van der Waals surface area contributed by atoms with Crippen LogP contribution in [-0.2, 0) is 9.59 Å². The Hall–Kier alpha value is -3.61. The second-order valence-electron chi connectivity index (χ2n) is 9.05. The van der Waals surface area contributed by atoms with Gasteiger partial charge < -0.3 is 14.4 Å². The summed E-state index contributed by atoms with van der Waals surface area (Å²) in [5, 5.41) is 0. The van der Waals surface area contributed by atoms with E-state index >= 15 is 0 Å². The number of aryl methyl sites for hydroxylation is 1. The van der Waals surface area contributed by atoms with Gasteiger partial charge in [0, 0.05) is 12.1 Å². The SMILES string of the molecule is COc1ccc(C(=O)N(CCC2=CCCCC2)C2CC(=O)N(c3ccc(C)cc3)C2=O)cc1OC. The van der Waals surface area contributed by atoms with Crippen LogP contribution in [0.25, 0.3) is 0 Å². The third-order valence-corrected chi connectivity index (χ3v) is 6.74. The third-order valence-electron chi connectivity index (χ3n) is 6.74. The largest absolute Gasteiger partial charge is 0.493 e. The molecule has 1 atom stereocenters. The van der Waals surface area contributed by atoms with Gasteiger partial charge >= 0.3 is 0 Å². The van der Waals surface area contributed by atoms with Gasteiger partial charge in [-0.05, 0) is 69.4 Å². The number of methoxy groups -OCH3 is 2. The van der Waals surface area contributed by atoms with Gasteiger partial charge in [0.25, 0.3) is 11.8 Å². The van der Waals surface area contributed by atoms with Gasteiger partial charge in [0.05, 0.1) is 26.3 Å². The summed E-state index contributed by atoms with van der Waals surface area (Å²) >= 11 is 0. The van der Waals surface area contributed by atoms with Crippen molar-refractivity contribution in [3.05, 3.63) is 65.2 Å². The van der Waals surface area contributed by atoms with Crippen LogP contribution >= 0.6 is 0 Å². The Morgan fingerprint density at radius 1 is 1.03 bits per heavy atom. The van der Waals surface area contributed by atoms with E-state index in [0.717, 1.165) is 24.8 Å². The second-order valence-corrected chi connectivity index (χ2v) is 9.05. The highest BCUT2D eigenvalue weighted by Gasteiger charge is 2.44. The predicted molar refractivity (Wildman–Crippen MR) is 134 cm³/mol. The Bertz CT molecular complexity index is 1140. The van der Waals surface area contributed by atoms with Crippen molar-refractivity contribution in [1.29, 1.82) is 0 Å². The van der Waals surface area contributed by atoms with Crippen LogP contribution in [0, 0.1) is 6.92 Å². The van der Waals surface area contributed by atoms with Crippen LogP contribution in [0.1, 0.15) is 54.4 Å². The molecule has 7 heteroatoms. The van der Waals surface area contributed by atoms with Crippen LogP contribution < -0.4 is 14.4 Å². The fourth-order valence-electron chi connectivity index (χ4n) is 4.75. The molecule has 0 saturated carbocycles. The number of hydrogen-bond acceptors (Lipinski definition) is 5. The molecular weight excluding hydrogens is 444 g/mol. The van der Waals surface area contributed by atoms with Gasteiger partial charge in [-0.3, -0.25) is 14.4 Å². The van der Waals surface area contributed by atoms with E-state index in [1.54, 1.807) is 35.2 Å². The average molecular weight is 477 g/mol. The Morgan fingerprint density at radius 2 is 1.77 bits per heavy atom. The Morgan fingerprint density at radius 3 is 2.43 bits per heavy atom. The van der Waals surface area contributed by atoms with Crippen LogP contribution in [-0.4, -0.2) is 49.4 Å². The van der Waals surface area contributed by atoms with E-state index in [-0.39, 0.29) is 24.1 Å². The van der Waals surface area contributed by atoms with Crippen LogP contribution in [0.2, 0.25) is 0 Å². The van der Waals surface area contributed by atoms with E-state index in [2.05, 4.69) is 6.08 Å². The van der Waals surface area contributed by atoms with Crippen molar-refractivity contribution in [3.8, 4) is 11.5 Å². The molecule has 3 amide bonds. The van der Waals surface area contributed by atoms with E-state index < -0.39 is 6.04 Å². The number of nitrogens with zero attached hydrogens (tertiary/aromatic N) is 2. The van der Waals surface area contributed by atoms with E-state index in [0.29, 0.717) is 35.7 Å². The second kappa shape index (κ2) is 10.8. The first-order valence-electron chi connectivity index (χ1n) is 12.1. The number of anilines is 1. The summed E-state index contributed by atoms with van der Waals surface area (Å²) in [5.41, 5.74) is 3.25. The first kappa shape index (κ1) is 24.5. The smallest absolute Gasteiger partial charge is 0.257 e. The summed E-state index contributed by atoms with van der Waals surface area (Å²) in [4.78, 5) is 43.0. The van der Waals surface area contributed by atoms with Crippen molar-refractivity contribution in [2.24, 2.45) is 0 Å². The quantitative estimate of drug-likeness (QED) is 0.409. The molecule has 0 spiro atoms. The van der Waals surface area contributed by atoms with Crippen LogP contribution in [0.15, 0.2) is 54.1 Å². The lowest BCUT2D eigenvalue weighted by molar-refractivity contribution is -0.122. The molecule has 1 saturated heterocycles. The van der Waals surface area contributed by atoms with Crippen LogP contribution in [0.3, 0.4) is 0 Å². The summed E-state index contributed by atoms with van der Waals surface area (Å²) in [6, 6.07) is 11.4. The minimum Gasteiger partial charge on any atom is -0.493 e. The average Bonchev–Trinajstić information content (AvgIpc) is 3.18. The van der Waals surface area contributed by atoms with E-state index in [4.69, 9.17) is 9.47 Å². The number of benzene rings is 2. The number of amides is 3. The van der Waals surface area contributed by atoms with Gasteiger partial charge in [-0.25, -0.2) is 4.90 Å². The standard InChI is InChI=1S/C28H32N2O5/c1-19-9-12-22(13-10-19)30-26(31)18-23(28(30)33)29(16-15-20-7-5-4-6-8-20)27(32)21-11-14-24(34-2)25(17-21)35-3/h7,9-14,17,23H,4-6,8,15-16,18H2,1-3H3. The van der Waals surface area contributed by atoms with Crippen LogP contribution in [0.4, 0.5) is 5.69 Å². The Balaban J connectivity index is 1.64. The molecular formula is C28H32N2O5. The number of carbonyl (C=O) groups is 3. The normalized spacial score (nSPS) is 17.9. The molecule has 1 fully saturated rings. The molecule has 0 radical (unpaired) electrons. The molecule has 1 aliphatic heterocycles. The summed E-state index contributed by atoms with van der Waals surface area (Å²) < 4.78 is 10.7. The molecule has 1 unspecified atom stereocenters. The molecule has 2 aromatic carbocycles.